The van der Waals surface area contributed by atoms with Crippen LogP contribution in [0.15, 0.2) is 221 Å². The fourth-order valence-corrected chi connectivity index (χ4v) is 12.6. The first kappa shape index (κ1) is 36.1. The molecule has 15 rings (SSSR count). The second-order valence-electron chi connectivity index (χ2n) is 17.5. The van der Waals surface area contributed by atoms with Crippen LogP contribution in [-0.2, 0) is 0 Å². The van der Waals surface area contributed by atoms with Gasteiger partial charge in [-0.05, 0) is 87.5 Å². The summed E-state index contributed by atoms with van der Waals surface area (Å²) in [4.78, 5) is 5.04. The van der Waals surface area contributed by atoms with Crippen molar-refractivity contribution in [2.75, 3.05) is 9.80 Å². The minimum Gasteiger partial charge on any atom is -0.454 e. The lowest BCUT2D eigenvalue weighted by atomic mass is 9.33. The Labute approximate surface area is 383 Å². The first-order chi connectivity index (χ1) is 32.8. The minimum atomic E-state index is -0.0863. The van der Waals surface area contributed by atoms with E-state index in [2.05, 4.69) is 222 Å². The van der Waals surface area contributed by atoms with E-state index < -0.39 is 0 Å². The molecular formula is C60H35BN2O2S. The van der Waals surface area contributed by atoms with Gasteiger partial charge < -0.3 is 18.6 Å². The largest absolute Gasteiger partial charge is 0.454 e. The van der Waals surface area contributed by atoms with E-state index in [1.807, 2.05) is 11.3 Å². The van der Waals surface area contributed by atoms with E-state index in [0.29, 0.717) is 0 Å². The smallest absolute Gasteiger partial charge is 0.254 e. The number of nitrogens with zero attached hydrogens (tertiary/aromatic N) is 2. The van der Waals surface area contributed by atoms with Crippen LogP contribution in [-0.4, -0.2) is 6.71 Å². The molecule has 10 aromatic carbocycles. The van der Waals surface area contributed by atoms with Gasteiger partial charge in [0.15, 0.2) is 11.2 Å². The number of hydrogen-bond donors (Lipinski definition) is 0. The predicted octanol–water partition coefficient (Wildman–Crippen LogP) is 15.3. The molecule has 6 heteroatoms. The highest BCUT2D eigenvalue weighted by Crippen LogP contribution is 2.53. The number of para-hydroxylation sites is 3. The zero-order valence-corrected chi connectivity index (χ0v) is 36.2. The topological polar surface area (TPSA) is 32.8 Å². The third kappa shape index (κ3) is 4.88. The van der Waals surface area contributed by atoms with Crippen molar-refractivity contribution in [2.45, 2.75) is 0 Å². The van der Waals surface area contributed by atoms with Crippen molar-refractivity contribution < 1.29 is 8.83 Å². The Balaban J connectivity index is 1.11. The average molecular weight is 859 g/mol. The molecule has 0 aliphatic carbocycles. The molecule has 0 N–H and O–H groups in total. The second kappa shape index (κ2) is 13.6. The molecule has 0 bridgehead atoms. The van der Waals surface area contributed by atoms with E-state index >= 15 is 0 Å². The van der Waals surface area contributed by atoms with Crippen LogP contribution >= 0.6 is 11.3 Å². The zero-order chi connectivity index (χ0) is 43.0. The summed E-state index contributed by atoms with van der Waals surface area (Å²) in [5, 5.41) is 6.95. The van der Waals surface area contributed by atoms with Crippen LogP contribution in [0.25, 0.3) is 86.3 Å². The van der Waals surface area contributed by atoms with Gasteiger partial charge in [-0.3, -0.25) is 0 Å². The molecular weight excluding hydrogens is 824 g/mol. The van der Waals surface area contributed by atoms with Crippen molar-refractivity contribution in [3.05, 3.63) is 212 Å². The zero-order valence-electron chi connectivity index (χ0n) is 35.4. The lowest BCUT2D eigenvalue weighted by molar-refractivity contribution is 0.669. The number of fused-ring (bicyclic) bond motifs is 14. The number of benzene rings is 10. The maximum atomic E-state index is 7.09. The van der Waals surface area contributed by atoms with Gasteiger partial charge in [0.25, 0.3) is 6.71 Å². The first-order valence-corrected chi connectivity index (χ1v) is 23.4. The molecule has 0 atom stereocenters. The summed E-state index contributed by atoms with van der Waals surface area (Å²) >= 11 is 1.90. The van der Waals surface area contributed by atoms with Gasteiger partial charge in [-0.25, -0.2) is 0 Å². The number of furan rings is 2. The maximum absolute atomic E-state index is 7.09. The number of rotatable bonds is 4. The Morgan fingerprint density at radius 1 is 0.348 bits per heavy atom. The molecule has 0 spiro atoms. The highest BCUT2D eigenvalue weighted by atomic mass is 32.1. The molecule has 4 nitrogen and oxygen atoms in total. The van der Waals surface area contributed by atoms with Gasteiger partial charge in [-0.2, -0.15) is 0 Å². The van der Waals surface area contributed by atoms with Crippen molar-refractivity contribution in [3.63, 3.8) is 0 Å². The van der Waals surface area contributed by atoms with Gasteiger partial charge >= 0.3 is 0 Å². The van der Waals surface area contributed by atoms with Crippen LogP contribution < -0.4 is 26.2 Å². The van der Waals surface area contributed by atoms with Crippen LogP contribution in [0.3, 0.4) is 0 Å². The number of hydrogen-bond acceptors (Lipinski definition) is 5. The molecule has 0 fully saturated rings. The molecule has 0 amide bonds. The highest BCUT2D eigenvalue weighted by Gasteiger charge is 2.46. The van der Waals surface area contributed by atoms with Gasteiger partial charge in [0.1, 0.15) is 11.2 Å². The van der Waals surface area contributed by atoms with Gasteiger partial charge in [-0.1, -0.05) is 158 Å². The summed E-state index contributed by atoms with van der Waals surface area (Å²) in [6.45, 7) is -0.0863. The van der Waals surface area contributed by atoms with Crippen LogP contribution in [0.5, 0.6) is 0 Å². The van der Waals surface area contributed by atoms with E-state index in [-0.39, 0.29) is 6.71 Å². The standard InChI is InChI=1S/C60H35BN2O2S/c1-3-16-36(17-4-1)38-30-32-43-40-20-7-12-27-51(40)64-58(43)56(38)62-47-24-11-10-23-46(47)61-54-48(62)25-15-26-49(54)63(50-35-34-45-42-22-9-14-29-53(42)66-60(45)55(50)61)57-39(37-18-5-2-6-19-37)31-33-44-41-21-8-13-28-52(41)65-59(44)57/h1-35H. The van der Waals surface area contributed by atoms with E-state index in [1.165, 1.54) is 36.6 Å². The molecule has 66 heavy (non-hydrogen) atoms. The maximum Gasteiger partial charge on any atom is 0.254 e. The molecule has 0 unspecified atom stereocenters. The average Bonchev–Trinajstić information content (AvgIpc) is 4.08. The molecule has 5 heterocycles. The lowest BCUT2D eigenvalue weighted by Gasteiger charge is -2.44. The first-order valence-electron chi connectivity index (χ1n) is 22.5. The van der Waals surface area contributed by atoms with E-state index in [1.54, 1.807) is 0 Å². The van der Waals surface area contributed by atoms with Crippen LogP contribution in [0.1, 0.15) is 0 Å². The summed E-state index contributed by atoms with van der Waals surface area (Å²) in [5.41, 5.74) is 18.3. The molecule has 3 aromatic heterocycles. The van der Waals surface area contributed by atoms with Crippen molar-refractivity contribution in [3.8, 4) is 22.3 Å². The highest BCUT2D eigenvalue weighted by molar-refractivity contribution is 7.28. The second-order valence-corrected chi connectivity index (χ2v) is 18.5. The molecule has 0 saturated heterocycles. The Bertz CT molecular complexity index is 4140. The van der Waals surface area contributed by atoms with E-state index in [9.17, 15) is 0 Å². The SMILES string of the molecule is c1ccc(-c2ccc3c(oc4ccccc43)c2N2c3ccccc3B3c4c2cccc4N(c2c(-c4ccccc4)ccc4c2oc2ccccc24)c2ccc4c(sc5ccccc54)c23)cc1. The van der Waals surface area contributed by atoms with Crippen molar-refractivity contribution in [1.82, 2.24) is 0 Å². The monoisotopic (exact) mass is 858 g/mol. The molecule has 13 aromatic rings. The third-order valence-electron chi connectivity index (χ3n) is 14.1. The van der Waals surface area contributed by atoms with Gasteiger partial charge in [0.05, 0.1) is 11.4 Å². The van der Waals surface area contributed by atoms with E-state index in [0.717, 1.165) is 100 Å². The number of anilines is 6. The lowest BCUT2D eigenvalue weighted by Crippen LogP contribution is -2.61. The van der Waals surface area contributed by atoms with Crippen molar-refractivity contribution >= 4 is 133 Å². The van der Waals surface area contributed by atoms with Crippen molar-refractivity contribution in [1.29, 1.82) is 0 Å². The molecule has 306 valence electrons. The molecule has 2 aliphatic rings. The molecule has 2 aliphatic heterocycles. The fraction of sp³-hybridized carbons (Fsp3) is 0. The van der Waals surface area contributed by atoms with Crippen molar-refractivity contribution in [2.24, 2.45) is 0 Å². The quantitative estimate of drug-likeness (QED) is 0.165. The Hall–Kier alpha value is -8.32. The Morgan fingerprint density at radius 2 is 0.833 bits per heavy atom. The van der Waals surface area contributed by atoms with Crippen LogP contribution in [0.2, 0.25) is 0 Å². The number of thiophene rings is 1. The molecule has 0 saturated carbocycles. The Kier molecular flexibility index (Phi) is 7.43. The minimum absolute atomic E-state index is 0.0863. The summed E-state index contributed by atoms with van der Waals surface area (Å²) in [6.07, 6.45) is 0. The normalized spacial score (nSPS) is 13.1. The Morgan fingerprint density at radius 3 is 1.47 bits per heavy atom. The van der Waals surface area contributed by atoms with E-state index in [4.69, 9.17) is 8.83 Å². The summed E-state index contributed by atoms with van der Waals surface area (Å²) in [7, 11) is 0. The molecule has 0 radical (unpaired) electrons. The van der Waals surface area contributed by atoms with Gasteiger partial charge in [0.2, 0.25) is 0 Å². The van der Waals surface area contributed by atoms with Gasteiger partial charge in [0, 0.05) is 70.2 Å². The third-order valence-corrected chi connectivity index (χ3v) is 15.3. The summed E-state index contributed by atoms with van der Waals surface area (Å²) in [6, 6.07) is 77.0. The van der Waals surface area contributed by atoms with Crippen LogP contribution in [0, 0.1) is 0 Å². The summed E-state index contributed by atoms with van der Waals surface area (Å²) in [5.74, 6) is 0. The predicted molar refractivity (Wildman–Crippen MR) is 279 cm³/mol. The van der Waals surface area contributed by atoms with Crippen LogP contribution in [0.4, 0.5) is 34.1 Å². The van der Waals surface area contributed by atoms with Gasteiger partial charge in [-0.15, -0.1) is 11.3 Å². The fourth-order valence-electron chi connectivity index (χ4n) is 11.3. The summed E-state index contributed by atoms with van der Waals surface area (Å²) < 4.78 is 16.7.